The maximum atomic E-state index is 6.18. The molecule has 2 rings (SSSR count). The van der Waals surface area contributed by atoms with Gasteiger partial charge in [-0.25, -0.2) is 0 Å². The second kappa shape index (κ2) is 11.3. The fraction of sp³-hybridized carbons (Fsp3) is 1.00. The van der Waals surface area contributed by atoms with Crippen molar-refractivity contribution in [2.75, 3.05) is 40.1 Å². The smallest absolute Gasteiger partial charge is 0.0704 e. The molecule has 6 heteroatoms. The van der Waals surface area contributed by atoms with Gasteiger partial charge in [-0.3, -0.25) is 0 Å². The average molecular weight is 443 g/mol. The van der Waals surface area contributed by atoms with Gasteiger partial charge in [0, 0.05) is 49.1 Å². The number of hydrogen-bond donors (Lipinski definition) is 2. The highest BCUT2D eigenvalue weighted by molar-refractivity contribution is 5.00. The first-order valence-corrected chi connectivity index (χ1v) is 12.2. The summed E-state index contributed by atoms with van der Waals surface area (Å²) in [4.78, 5) is 0. The van der Waals surface area contributed by atoms with E-state index < -0.39 is 0 Å². The van der Waals surface area contributed by atoms with Crippen LogP contribution >= 0.6 is 0 Å². The quantitative estimate of drug-likeness (QED) is 0.445. The van der Waals surface area contributed by atoms with E-state index in [1.165, 1.54) is 0 Å². The van der Waals surface area contributed by atoms with Crippen LogP contribution in [0.1, 0.15) is 87.0 Å². The molecular weight excluding hydrogens is 392 g/mol. The number of hydrogen-bond acceptors (Lipinski definition) is 6. The van der Waals surface area contributed by atoms with Gasteiger partial charge in [-0.15, -0.1) is 0 Å². The SMILES string of the molecule is COCCCOC1CC(C)(C)NC(C)(CCOCCOC2CC(C)(C)NC(C)(C)C2)C1. The van der Waals surface area contributed by atoms with E-state index in [-0.39, 0.29) is 28.3 Å². The second-order valence-electron chi connectivity index (χ2n) is 12.0. The van der Waals surface area contributed by atoms with Crippen LogP contribution in [0.3, 0.4) is 0 Å². The molecule has 0 radical (unpaired) electrons. The summed E-state index contributed by atoms with van der Waals surface area (Å²) in [6.45, 7) is 19.5. The highest BCUT2D eigenvalue weighted by Gasteiger charge is 2.41. The van der Waals surface area contributed by atoms with Crippen LogP contribution < -0.4 is 10.6 Å². The third kappa shape index (κ3) is 10.1. The molecule has 2 heterocycles. The number of nitrogens with one attached hydrogen (secondary N) is 2. The van der Waals surface area contributed by atoms with Crippen molar-refractivity contribution < 1.29 is 18.9 Å². The van der Waals surface area contributed by atoms with Crippen LogP contribution in [0.15, 0.2) is 0 Å². The van der Waals surface area contributed by atoms with E-state index in [1.807, 2.05) is 0 Å². The van der Waals surface area contributed by atoms with Crippen LogP contribution in [0.25, 0.3) is 0 Å². The van der Waals surface area contributed by atoms with Crippen molar-refractivity contribution in [3.8, 4) is 0 Å². The summed E-state index contributed by atoms with van der Waals surface area (Å²) in [5.41, 5.74) is 0.321. The summed E-state index contributed by atoms with van der Waals surface area (Å²) >= 11 is 0. The molecule has 2 aliphatic rings. The zero-order valence-electron chi connectivity index (χ0n) is 21.6. The van der Waals surface area contributed by atoms with Crippen molar-refractivity contribution in [2.45, 2.75) is 121 Å². The third-order valence-corrected chi connectivity index (χ3v) is 6.43. The normalized spacial score (nSPS) is 30.4. The van der Waals surface area contributed by atoms with E-state index in [1.54, 1.807) is 7.11 Å². The maximum absolute atomic E-state index is 6.18. The molecule has 0 aromatic heterocycles. The summed E-state index contributed by atoms with van der Waals surface area (Å²) in [6, 6.07) is 0. The molecule has 0 aromatic carbocycles. The molecule has 31 heavy (non-hydrogen) atoms. The standard InChI is InChI=1S/C25H50N2O4/c1-22(2)16-20(17-23(3,4)26-22)31-15-14-29-13-10-25(7)19-21(18-24(5,6)27-25)30-12-9-11-28-8/h20-21,26-27H,9-19H2,1-8H3. The predicted octanol–water partition coefficient (Wildman–Crippen LogP) is 4.06. The Morgan fingerprint density at radius 3 is 1.81 bits per heavy atom. The second-order valence-corrected chi connectivity index (χ2v) is 12.0. The molecule has 0 amide bonds. The molecule has 2 unspecified atom stereocenters. The molecule has 2 fully saturated rings. The number of methoxy groups -OCH3 is 1. The fourth-order valence-electron chi connectivity index (χ4n) is 5.82. The van der Waals surface area contributed by atoms with E-state index in [2.05, 4.69) is 59.1 Å². The van der Waals surface area contributed by atoms with Gasteiger partial charge in [0.05, 0.1) is 25.4 Å². The van der Waals surface area contributed by atoms with Gasteiger partial charge in [-0.1, -0.05) is 0 Å². The lowest BCUT2D eigenvalue weighted by Crippen LogP contribution is -2.61. The molecule has 0 aromatic rings. The predicted molar refractivity (Wildman–Crippen MR) is 127 cm³/mol. The largest absolute Gasteiger partial charge is 0.385 e. The molecule has 0 bridgehead atoms. The first-order chi connectivity index (χ1) is 14.3. The van der Waals surface area contributed by atoms with Crippen LogP contribution in [0.2, 0.25) is 0 Å². The van der Waals surface area contributed by atoms with E-state index in [4.69, 9.17) is 18.9 Å². The van der Waals surface area contributed by atoms with Crippen molar-refractivity contribution in [3.05, 3.63) is 0 Å². The summed E-state index contributed by atoms with van der Waals surface area (Å²) < 4.78 is 23.5. The summed E-state index contributed by atoms with van der Waals surface area (Å²) in [5, 5.41) is 7.55. The number of rotatable bonds is 12. The fourth-order valence-corrected chi connectivity index (χ4v) is 5.82. The first kappa shape index (κ1) is 27.0. The van der Waals surface area contributed by atoms with Crippen molar-refractivity contribution >= 4 is 0 Å². The molecule has 0 spiro atoms. The van der Waals surface area contributed by atoms with Crippen LogP contribution in [-0.4, -0.2) is 74.5 Å². The topological polar surface area (TPSA) is 61.0 Å². The zero-order valence-corrected chi connectivity index (χ0v) is 21.6. The lowest BCUT2D eigenvalue weighted by atomic mass is 9.78. The molecular formula is C25H50N2O4. The van der Waals surface area contributed by atoms with Gasteiger partial charge < -0.3 is 29.6 Å². The molecule has 2 aliphatic heterocycles. The van der Waals surface area contributed by atoms with Crippen LogP contribution in [0.5, 0.6) is 0 Å². The minimum Gasteiger partial charge on any atom is -0.385 e. The number of piperidine rings is 2. The highest BCUT2D eigenvalue weighted by atomic mass is 16.5. The summed E-state index contributed by atoms with van der Waals surface area (Å²) in [7, 11) is 1.74. The van der Waals surface area contributed by atoms with Crippen molar-refractivity contribution in [3.63, 3.8) is 0 Å². The Morgan fingerprint density at radius 1 is 0.645 bits per heavy atom. The minimum atomic E-state index is 0.0254. The summed E-state index contributed by atoms with van der Waals surface area (Å²) in [5.74, 6) is 0. The molecule has 184 valence electrons. The van der Waals surface area contributed by atoms with E-state index in [0.717, 1.165) is 58.3 Å². The lowest BCUT2D eigenvalue weighted by molar-refractivity contribution is -0.0532. The Balaban J connectivity index is 1.68. The van der Waals surface area contributed by atoms with Crippen molar-refractivity contribution in [1.82, 2.24) is 10.6 Å². The van der Waals surface area contributed by atoms with E-state index in [9.17, 15) is 0 Å². The van der Waals surface area contributed by atoms with Crippen molar-refractivity contribution in [1.29, 1.82) is 0 Å². The van der Waals surface area contributed by atoms with Gasteiger partial charge in [-0.2, -0.15) is 0 Å². The minimum absolute atomic E-state index is 0.0254. The zero-order chi connectivity index (χ0) is 23.2. The Labute approximate surface area is 191 Å². The molecule has 2 atom stereocenters. The van der Waals surface area contributed by atoms with Crippen LogP contribution in [-0.2, 0) is 18.9 Å². The number of ether oxygens (including phenoxy) is 4. The summed E-state index contributed by atoms with van der Waals surface area (Å²) in [6.07, 6.45) is 6.64. The molecule has 2 N–H and O–H groups in total. The van der Waals surface area contributed by atoms with Gasteiger partial charge in [0.1, 0.15) is 0 Å². The molecule has 0 saturated carbocycles. The van der Waals surface area contributed by atoms with E-state index in [0.29, 0.717) is 19.3 Å². The average Bonchev–Trinajstić information content (AvgIpc) is 2.57. The van der Waals surface area contributed by atoms with E-state index >= 15 is 0 Å². The monoisotopic (exact) mass is 442 g/mol. The van der Waals surface area contributed by atoms with Gasteiger partial charge >= 0.3 is 0 Å². The Hall–Kier alpha value is -0.240. The Morgan fingerprint density at radius 2 is 1.19 bits per heavy atom. The molecule has 2 saturated heterocycles. The van der Waals surface area contributed by atoms with Crippen LogP contribution in [0.4, 0.5) is 0 Å². The molecule has 0 aliphatic carbocycles. The van der Waals surface area contributed by atoms with Gasteiger partial charge in [0.2, 0.25) is 0 Å². The Bertz CT molecular complexity index is 522. The lowest BCUT2D eigenvalue weighted by Gasteiger charge is -2.48. The van der Waals surface area contributed by atoms with Gasteiger partial charge in [-0.05, 0) is 87.0 Å². The van der Waals surface area contributed by atoms with Gasteiger partial charge in [0.15, 0.2) is 0 Å². The maximum Gasteiger partial charge on any atom is 0.0704 e. The first-order valence-electron chi connectivity index (χ1n) is 12.2. The van der Waals surface area contributed by atoms with Crippen molar-refractivity contribution in [2.24, 2.45) is 0 Å². The van der Waals surface area contributed by atoms with Gasteiger partial charge in [0.25, 0.3) is 0 Å². The molecule has 6 nitrogen and oxygen atoms in total. The highest BCUT2D eigenvalue weighted by Crippen LogP contribution is 2.33. The Kier molecular flexibility index (Phi) is 9.81. The van der Waals surface area contributed by atoms with Crippen LogP contribution in [0, 0.1) is 0 Å². The third-order valence-electron chi connectivity index (χ3n) is 6.43.